The number of furan rings is 1. The number of aryl methyl sites for hydroxylation is 2. The maximum atomic E-state index is 13.0. The van der Waals surface area contributed by atoms with E-state index in [1.165, 1.54) is 6.20 Å². The smallest absolute Gasteiger partial charge is 0.291 e. The number of pyridine rings is 1. The molecule has 4 rings (SSSR count). The lowest BCUT2D eigenvalue weighted by Gasteiger charge is -2.13. The maximum Gasteiger partial charge on any atom is 0.291 e. The van der Waals surface area contributed by atoms with Gasteiger partial charge in [0.15, 0.2) is 5.76 Å². The summed E-state index contributed by atoms with van der Waals surface area (Å²) in [5.41, 5.74) is 8.16. The van der Waals surface area contributed by atoms with Crippen molar-refractivity contribution in [3.63, 3.8) is 0 Å². The number of hydrogen-bond acceptors (Lipinski definition) is 5. The van der Waals surface area contributed by atoms with Gasteiger partial charge in [0, 0.05) is 35.6 Å². The van der Waals surface area contributed by atoms with Crippen LogP contribution in [0.3, 0.4) is 0 Å². The second kappa shape index (κ2) is 8.55. The average Bonchev–Trinajstić information content (AvgIpc) is 3.13. The van der Waals surface area contributed by atoms with Crippen LogP contribution in [0.4, 0.5) is 5.69 Å². The number of nitrogens with one attached hydrogen (secondary N) is 2. The lowest BCUT2D eigenvalue weighted by Crippen LogP contribution is -2.22. The van der Waals surface area contributed by atoms with Crippen LogP contribution >= 0.6 is 0 Å². The number of hydrazone groups is 1. The Morgan fingerprint density at radius 3 is 2.65 bits per heavy atom. The van der Waals surface area contributed by atoms with Crippen LogP contribution in [0.25, 0.3) is 0 Å². The van der Waals surface area contributed by atoms with Crippen LogP contribution in [-0.4, -0.2) is 22.5 Å². The molecule has 2 heterocycles. The minimum atomic E-state index is -0.332. The summed E-state index contributed by atoms with van der Waals surface area (Å²) in [5.74, 6) is 0.379. The van der Waals surface area contributed by atoms with Crippen molar-refractivity contribution >= 4 is 23.2 Å². The second-order valence-electron chi connectivity index (χ2n) is 7.65. The molecule has 0 saturated heterocycles. The molecule has 3 aromatic rings. The molecule has 7 nitrogen and oxygen atoms in total. The maximum absolute atomic E-state index is 13.0. The molecule has 0 unspecified atom stereocenters. The van der Waals surface area contributed by atoms with Crippen molar-refractivity contribution < 1.29 is 14.0 Å². The fourth-order valence-electron chi connectivity index (χ4n) is 3.74. The zero-order chi connectivity index (χ0) is 22.0. The number of anilines is 1. The molecule has 0 aliphatic heterocycles. The molecule has 1 aromatic carbocycles. The van der Waals surface area contributed by atoms with Crippen molar-refractivity contribution in [1.82, 2.24) is 10.4 Å². The number of fused-ring (bicyclic) bond motifs is 1. The predicted molar refractivity (Wildman–Crippen MR) is 118 cm³/mol. The van der Waals surface area contributed by atoms with Gasteiger partial charge in [0.2, 0.25) is 0 Å². The Labute approximate surface area is 180 Å². The summed E-state index contributed by atoms with van der Waals surface area (Å²) in [5, 5.41) is 7.30. The molecule has 0 spiro atoms. The van der Waals surface area contributed by atoms with Gasteiger partial charge in [-0.2, -0.15) is 5.10 Å². The lowest BCUT2D eigenvalue weighted by atomic mass is 9.93. The van der Waals surface area contributed by atoms with Gasteiger partial charge in [0.1, 0.15) is 5.76 Å². The molecule has 0 radical (unpaired) electrons. The normalized spacial score (nSPS) is 14.2. The Morgan fingerprint density at radius 2 is 1.87 bits per heavy atom. The van der Waals surface area contributed by atoms with E-state index < -0.39 is 0 Å². The lowest BCUT2D eigenvalue weighted by molar-refractivity contribution is 0.0953. The summed E-state index contributed by atoms with van der Waals surface area (Å²) in [6.07, 6.45) is 5.34. The zero-order valence-corrected chi connectivity index (χ0v) is 17.8. The highest BCUT2D eigenvalue weighted by molar-refractivity contribution is 6.09. The van der Waals surface area contributed by atoms with Crippen molar-refractivity contribution in [2.75, 3.05) is 5.32 Å². The van der Waals surface area contributed by atoms with Crippen molar-refractivity contribution in [3.8, 4) is 0 Å². The van der Waals surface area contributed by atoms with Crippen LogP contribution in [0, 0.1) is 20.8 Å². The van der Waals surface area contributed by atoms with Crippen LogP contribution in [0.2, 0.25) is 0 Å². The molecule has 2 aromatic heterocycles. The van der Waals surface area contributed by atoms with Gasteiger partial charge < -0.3 is 9.73 Å². The van der Waals surface area contributed by atoms with Crippen LogP contribution in [-0.2, 0) is 6.42 Å². The average molecular weight is 416 g/mol. The largest absolute Gasteiger partial charge is 0.455 e. The van der Waals surface area contributed by atoms with Gasteiger partial charge in [0.05, 0.1) is 11.3 Å². The van der Waals surface area contributed by atoms with E-state index in [-0.39, 0.29) is 17.6 Å². The molecule has 7 heteroatoms. The summed E-state index contributed by atoms with van der Waals surface area (Å²) < 4.78 is 5.95. The Hall–Kier alpha value is -3.74. The van der Waals surface area contributed by atoms with Gasteiger partial charge >= 0.3 is 0 Å². The quantitative estimate of drug-likeness (QED) is 0.619. The van der Waals surface area contributed by atoms with Gasteiger partial charge in [-0.3, -0.25) is 14.6 Å². The monoisotopic (exact) mass is 416 g/mol. The van der Waals surface area contributed by atoms with E-state index in [9.17, 15) is 9.59 Å². The summed E-state index contributed by atoms with van der Waals surface area (Å²) in [6.45, 7) is 5.83. The zero-order valence-electron chi connectivity index (χ0n) is 17.8. The van der Waals surface area contributed by atoms with Crippen molar-refractivity contribution in [1.29, 1.82) is 0 Å². The number of rotatable bonds is 4. The SMILES string of the molecule is Cc1cccc(NC(=O)c2oc3c(c2C)/C(=N/NC(=O)c2cccnc2)CCC3)c1C. The third-order valence-electron chi connectivity index (χ3n) is 5.60. The first kappa shape index (κ1) is 20.5. The Balaban J connectivity index is 1.59. The fourth-order valence-corrected chi connectivity index (χ4v) is 3.74. The van der Waals surface area contributed by atoms with E-state index in [4.69, 9.17) is 4.42 Å². The van der Waals surface area contributed by atoms with E-state index in [1.54, 1.807) is 18.3 Å². The van der Waals surface area contributed by atoms with E-state index in [2.05, 4.69) is 20.8 Å². The Morgan fingerprint density at radius 1 is 1.03 bits per heavy atom. The molecule has 2 N–H and O–H groups in total. The fraction of sp³-hybridized carbons (Fsp3) is 0.250. The number of benzene rings is 1. The summed E-state index contributed by atoms with van der Waals surface area (Å²) in [4.78, 5) is 29.2. The van der Waals surface area contributed by atoms with Gasteiger partial charge in [0.25, 0.3) is 11.8 Å². The van der Waals surface area contributed by atoms with Gasteiger partial charge in [-0.15, -0.1) is 0 Å². The minimum absolute atomic E-state index is 0.277. The Kier molecular flexibility index (Phi) is 5.66. The van der Waals surface area contributed by atoms with Gasteiger partial charge in [-0.25, -0.2) is 5.43 Å². The van der Waals surface area contributed by atoms with Crippen molar-refractivity contribution in [2.45, 2.75) is 40.0 Å². The Bertz CT molecular complexity index is 1180. The number of nitrogens with zero attached hydrogens (tertiary/aromatic N) is 2. The van der Waals surface area contributed by atoms with Gasteiger partial charge in [-0.05, 0) is 62.9 Å². The van der Waals surface area contributed by atoms with E-state index >= 15 is 0 Å². The molecule has 1 aliphatic carbocycles. The first-order chi connectivity index (χ1) is 15.0. The van der Waals surface area contributed by atoms with Crippen LogP contribution < -0.4 is 10.7 Å². The predicted octanol–water partition coefficient (Wildman–Crippen LogP) is 4.32. The number of amides is 2. The molecule has 0 fully saturated rings. The molecule has 0 saturated carbocycles. The van der Waals surface area contributed by atoms with Gasteiger partial charge in [-0.1, -0.05) is 12.1 Å². The third kappa shape index (κ3) is 4.12. The van der Waals surface area contributed by atoms with E-state index in [0.29, 0.717) is 17.7 Å². The second-order valence-corrected chi connectivity index (χ2v) is 7.65. The highest BCUT2D eigenvalue weighted by Crippen LogP contribution is 2.30. The summed E-state index contributed by atoms with van der Waals surface area (Å²) in [6, 6.07) is 9.16. The highest BCUT2D eigenvalue weighted by atomic mass is 16.4. The molecule has 0 atom stereocenters. The molecule has 1 aliphatic rings. The molecule has 0 bridgehead atoms. The number of aromatic nitrogens is 1. The molecule has 31 heavy (non-hydrogen) atoms. The number of carbonyl (C=O) groups is 2. The summed E-state index contributed by atoms with van der Waals surface area (Å²) in [7, 11) is 0. The molecule has 158 valence electrons. The number of hydrogen-bond donors (Lipinski definition) is 2. The number of carbonyl (C=O) groups excluding carboxylic acids is 2. The van der Waals surface area contributed by atoms with E-state index in [0.717, 1.165) is 46.5 Å². The molecular weight excluding hydrogens is 392 g/mol. The topological polar surface area (TPSA) is 96.6 Å². The van der Waals surface area contributed by atoms with Crippen molar-refractivity contribution in [2.24, 2.45) is 5.10 Å². The standard InChI is InChI=1S/C24H24N4O3/c1-14-7-4-9-18(15(14)2)26-24(30)22-16(3)21-19(10-5-11-20(21)31-22)27-28-23(29)17-8-6-12-25-13-17/h4,6-9,12-13H,5,10-11H2,1-3H3,(H,26,30)(H,28,29)/b27-19+. The molecule has 2 amide bonds. The molecular formula is C24H24N4O3. The third-order valence-corrected chi connectivity index (χ3v) is 5.60. The summed E-state index contributed by atoms with van der Waals surface area (Å²) >= 11 is 0. The first-order valence-electron chi connectivity index (χ1n) is 10.2. The van der Waals surface area contributed by atoms with E-state index in [1.807, 2.05) is 39.0 Å². The van der Waals surface area contributed by atoms with Crippen LogP contribution in [0.1, 0.15) is 61.8 Å². The first-order valence-corrected chi connectivity index (χ1v) is 10.2. The van der Waals surface area contributed by atoms with Crippen LogP contribution in [0.5, 0.6) is 0 Å². The van der Waals surface area contributed by atoms with Crippen molar-refractivity contribution in [3.05, 3.63) is 82.1 Å². The van der Waals surface area contributed by atoms with Crippen LogP contribution in [0.15, 0.2) is 52.2 Å². The highest BCUT2D eigenvalue weighted by Gasteiger charge is 2.28. The minimum Gasteiger partial charge on any atom is -0.455 e.